The fraction of sp³-hybridized carbons (Fsp3) is 0.650. The average Bonchev–Trinajstić information content (AvgIpc) is 3.44. The normalized spacial score (nSPS) is 20.6. The maximum atomic E-state index is 12.4. The highest BCUT2D eigenvalue weighted by atomic mass is 16.2. The molecule has 4 heteroatoms. The molecule has 1 heterocycles. The van der Waals surface area contributed by atoms with Gasteiger partial charge in [-0.05, 0) is 37.2 Å². The van der Waals surface area contributed by atoms with Crippen LogP contribution in [-0.2, 0) is 11.3 Å². The van der Waals surface area contributed by atoms with E-state index >= 15 is 0 Å². The SMILES string of the molecule is CC(C)[C@H](N)C(=O)N1CCC(N(Cc2ccccc2)C2CC2)CC1. The Morgan fingerprint density at radius 2 is 1.71 bits per heavy atom. The third kappa shape index (κ3) is 4.17. The molecule has 1 saturated heterocycles. The summed E-state index contributed by atoms with van der Waals surface area (Å²) in [5.74, 6) is 0.334. The zero-order chi connectivity index (χ0) is 17.1. The Bertz CT molecular complexity index is 533. The number of nitrogens with zero attached hydrogens (tertiary/aromatic N) is 2. The molecule has 1 aromatic rings. The molecule has 0 aromatic heterocycles. The van der Waals surface area contributed by atoms with Gasteiger partial charge in [-0.2, -0.15) is 0 Å². The van der Waals surface area contributed by atoms with Crippen LogP contribution in [0.4, 0.5) is 0 Å². The smallest absolute Gasteiger partial charge is 0.239 e. The minimum Gasteiger partial charge on any atom is -0.341 e. The van der Waals surface area contributed by atoms with Crippen molar-refractivity contribution in [3.05, 3.63) is 35.9 Å². The molecule has 4 nitrogen and oxygen atoms in total. The van der Waals surface area contributed by atoms with E-state index in [0.29, 0.717) is 6.04 Å². The quantitative estimate of drug-likeness (QED) is 0.873. The molecule has 0 spiro atoms. The first-order valence-corrected chi connectivity index (χ1v) is 9.40. The third-order valence-corrected chi connectivity index (χ3v) is 5.47. The Hall–Kier alpha value is -1.39. The van der Waals surface area contributed by atoms with Crippen molar-refractivity contribution in [3.8, 4) is 0 Å². The van der Waals surface area contributed by atoms with Crippen molar-refractivity contribution < 1.29 is 4.79 Å². The van der Waals surface area contributed by atoms with Gasteiger partial charge in [0, 0.05) is 31.7 Å². The lowest BCUT2D eigenvalue weighted by Crippen LogP contribution is -2.52. The van der Waals surface area contributed by atoms with Gasteiger partial charge in [0.2, 0.25) is 5.91 Å². The van der Waals surface area contributed by atoms with E-state index < -0.39 is 0 Å². The van der Waals surface area contributed by atoms with Crippen LogP contribution in [0.3, 0.4) is 0 Å². The van der Waals surface area contributed by atoms with E-state index in [1.807, 2.05) is 18.7 Å². The van der Waals surface area contributed by atoms with Crippen molar-refractivity contribution >= 4 is 5.91 Å². The van der Waals surface area contributed by atoms with E-state index in [2.05, 4.69) is 35.2 Å². The van der Waals surface area contributed by atoms with E-state index in [1.165, 1.54) is 18.4 Å². The molecule has 2 fully saturated rings. The van der Waals surface area contributed by atoms with Crippen molar-refractivity contribution in [2.24, 2.45) is 11.7 Å². The largest absolute Gasteiger partial charge is 0.341 e. The Labute approximate surface area is 146 Å². The summed E-state index contributed by atoms with van der Waals surface area (Å²) >= 11 is 0. The summed E-state index contributed by atoms with van der Waals surface area (Å²) < 4.78 is 0. The van der Waals surface area contributed by atoms with Crippen molar-refractivity contribution in [2.75, 3.05) is 13.1 Å². The molecule has 0 bridgehead atoms. The second-order valence-corrected chi connectivity index (χ2v) is 7.72. The fourth-order valence-electron chi connectivity index (χ4n) is 3.67. The van der Waals surface area contributed by atoms with E-state index in [9.17, 15) is 4.79 Å². The van der Waals surface area contributed by atoms with E-state index in [0.717, 1.165) is 38.5 Å². The molecule has 1 amide bonds. The molecule has 132 valence electrons. The number of amides is 1. The first-order chi connectivity index (χ1) is 11.6. The fourth-order valence-corrected chi connectivity index (χ4v) is 3.67. The van der Waals surface area contributed by atoms with E-state index in [1.54, 1.807) is 0 Å². The minimum atomic E-state index is -0.356. The Balaban J connectivity index is 1.57. The number of piperidine rings is 1. The summed E-state index contributed by atoms with van der Waals surface area (Å²) in [5, 5.41) is 0. The first-order valence-electron chi connectivity index (χ1n) is 9.40. The summed E-state index contributed by atoms with van der Waals surface area (Å²) in [5.41, 5.74) is 7.44. The number of benzene rings is 1. The molecule has 1 aliphatic carbocycles. The lowest BCUT2D eigenvalue weighted by Gasteiger charge is -2.39. The van der Waals surface area contributed by atoms with Crippen molar-refractivity contribution in [2.45, 2.75) is 64.2 Å². The van der Waals surface area contributed by atoms with Gasteiger partial charge in [-0.15, -0.1) is 0 Å². The van der Waals surface area contributed by atoms with Crippen LogP contribution in [0.25, 0.3) is 0 Å². The van der Waals surface area contributed by atoms with Crippen molar-refractivity contribution in [1.29, 1.82) is 0 Å². The molecular weight excluding hydrogens is 298 g/mol. The number of carbonyl (C=O) groups excluding carboxylic acids is 1. The van der Waals surface area contributed by atoms with Crippen LogP contribution in [0.1, 0.15) is 45.1 Å². The molecule has 2 N–H and O–H groups in total. The minimum absolute atomic E-state index is 0.129. The highest BCUT2D eigenvalue weighted by Crippen LogP contribution is 2.33. The number of likely N-dealkylation sites (tertiary alicyclic amines) is 1. The average molecular weight is 329 g/mol. The Morgan fingerprint density at radius 1 is 1.12 bits per heavy atom. The molecule has 0 radical (unpaired) electrons. The van der Waals surface area contributed by atoms with Gasteiger partial charge in [0.15, 0.2) is 0 Å². The first kappa shape index (κ1) is 17.4. The van der Waals surface area contributed by atoms with Crippen LogP contribution in [-0.4, -0.2) is 46.9 Å². The molecular formula is C20H31N3O. The van der Waals surface area contributed by atoms with Gasteiger partial charge in [0.05, 0.1) is 6.04 Å². The highest BCUT2D eigenvalue weighted by molar-refractivity contribution is 5.82. The zero-order valence-electron chi connectivity index (χ0n) is 15.0. The molecule has 2 aliphatic rings. The van der Waals surface area contributed by atoms with Gasteiger partial charge in [0.25, 0.3) is 0 Å². The second kappa shape index (κ2) is 7.66. The van der Waals surface area contributed by atoms with E-state index in [-0.39, 0.29) is 17.9 Å². The number of hydrogen-bond donors (Lipinski definition) is 1. The van der Waals surface area contributed by atoms with Crippen LogP contribution in [0.5, 0.6) is 0 Å². The predicted octanol–water partition coefficient (Wildman–Crippen LogP) is 2.63. The topological polar surface area (TPSA) is 49.6 Å². The third-order valence-electron chi connectivity index (χ3n) is 5.47. The standard InChI is InChI=1S/C20H31N3O/c1-15(2)19(21)20(24)22-12-10-18(11-13-22)23(17-8-9-17)14-16-6-4-3-5-7-16/h3-7,15,17-19H,8-14,21H2,1-2H3/t19-/m0/s1. The molecule has 1 aliphatic heterocycles. The van der Waals surface area contributed by atoms with Crippen molar-refractivity contribution in [1.82, 2.24) is 9.80 Å². The number of rotatable bonds is 6. The maximum absolute atomic E-state index is 12.4. The molecule has 24 heavy (non-hydrogen) atoms. The van der Waals surface area contributed by atoms with Crippen LogP contribution >= 0.6 is 0 Å². The van der Waals surface area contributed by atoms with Gasteiger partial charge in [-0.1, -0.05) is 44.2 Å². The van der Waals surface area contributed by atoms with Gasteiger partial charge in [-0.25, -0.2) is 0 Å². The van der Waals surface area contributed by atoms with Crippen LogP contribution < -0.4 is 5.73 Å². The Kier molecular flexibility index (Phi) is 5.57. The molecule has 1 atom stereocenters. The van der Waals surface area contributed by atoms with E-state index in [4.69, 9.17) is 5.73 Å². The lowest BCUT2D eigenvalue weighted by molar-refractivity contribution is -0.135. The lowest BCUT2D eigenvalue weighted by atomic mass is 9.99. The van der Waals surface area contributed by atoms with Crippen molar-refractivity contribution in [3.63, 3.8) is 0 Å². The summed E-state index contributed by atoms with van der Waals surface area (Å²) in [6, 6.07) is 11.7. The number of nitrogens with two attached hydrogens (primary N) is 1. The summed E-state index contributed by atoms with van der Waals surface area (Å²) in [6.07, 6.45) is 4.79. The van der Waals surface area contributed by atoms with Gasteiger partial charge < -0.3 is 10.6 Å². The summed E-state index contributed by atoms with van der Waals surface area (Å²) in [6.45, 7) is 6.77. The van der Waals surface area contributed by atoms with Crippen LogP contribution in [0.2, 0.25) is 0 Å². The monoisotopic (exact) mass is 329 g/mol. The van der Waals surface area contributed by atoms with Gasteiger partial charge >= 0.3 is 0 Å². The molecule has 1 saturated carbocycles. The summed E-state index contributed by atoms with van der Waals surface area (Å²) in [4.78, 5) is 17.1. The molecule has 0 unspecified atom stereocenters. The molecule has 3 rings (SSSR count). The maximum Gasteiger partial charge on any atom is 0.239 e. The highest BCUT2D eigenvalue weighted by Gasteiger charge is 2.36. The number of carbonyl (C=O) groups is 1. The summed E-state index contributed by atoms with van der Waals surface area (Å²) in [7, 11) is 0. The second-order valence-electron chi connectivity index (χ2n) is 7.72. The number of hydrogen-bond acceptors (Lipinski definition) is 3. The van der Waals surface area contributed by atoms with Crippen LogP contribution in [0.15, 0.2) is 30.3 Å². The van der Waals surface area contributed by atoms with Gasteiger partial charge in [-0.3, -0.25) is 9.69 Å². The van der Waals surface area contributed by atoms with Crippen LogP contribution in [0, 0.1) is 5.92 Å². The molecule has 1 aromatic carbocycles. The zero-order valence-corrected chi connectivity index (χ0v) is 15.0. The predicted molar refractivity (Wildman–Crippen MR) is 97.4 cm³/mol. The van der Waals surface area contributed by atoms with Gasteiger partial charge in [0.1, 0.15) is 0 Å². The Morgan fingerprint density at radius 3 is 2.25 bits per heavy atom.